The van der Waals surface area contributed by atoms with Crippen molar-refractivity contribution in [3.63, 3.8) is 0 Å². The van der Waals surface area contributed by atoms with Gasteiger partial charge < -0.3 is 4.74 Å². The molecule has 2 aliphatic heterocycles. The summed E-state index contributed by atoms with van der Waals surface area (Å²) >= 11 is 1.94. The molecule has 1 spiro atoms. The lowest BCUT2D eigenvalue weighted by atomic mass is 9.87. The van der Waals surface area contributed by atoms with Gasteiger partial charge in [0.15, 0.2) is 0 Å². The van der Waals surface area contributed by atoms with Crippen molar-refractivity contribution in [3.8, 4) is 0 Å². The van der Waals surface area contributed by atoms with Crippen LogP contribution in [0.25, 0.3) is 0 Å². The van der Waals surface area contributed by atoms with Gasteiger partial charge in [0.05, 0.1) is 18.0 Å². The third-order valence-corrected chi connectivity index (χ3v) is 4.77. The van der Waals surface area contributed by atoms with E-state index in [1.54, 1.807) is 0 Å². The Morgan fingerprint density at radius 1 is 1.38 bits per heavy atom. The van der Waals surface area contributed by atoms with E-state index in [4.69, 9.17) is 8.92 Å². The molecule has 1 atom stereocenters. The van der Waals surface area contributed by atoms with Gasteiger partial charge in [0.2, 0.25) is 0 Å². The smallest absolute Gasteiger partial charge is 0.264 e. The Bertz CT molecular complexity index is 327. The number of hydrogen-bond acceptors (Lipinski definition) is 5. The van der Waals surface area contributed by atoms with Crippen LogP contribution in [-0.2, 0) is 19.0 Å². The first kappa shape index (κ1) is 12.7. The number of hydrogen-bond donors (Lipinski definition) is 0. The van der Waals surface area contributed by atoms with E-state index in [0.717, 1.165) is 37.0 Å². The minimum Gasteiger partial charge on any atom is -0.375 e. The zero-order valence-electron chi connectivity index (χ0n) is 9.48. The topological polar surface area (TPSA) is 52.6 Å². The van der Waals surface area contributed by atoms with Crippen LogP contribution in [0, 0.1) is 0 Å². The summed E-state index contributed by atoms with van der Waals surface area (Å²) in [4.78, 5) is 0. The predicted molar refractivity (Wildman–Crippen MR) is 64.2 cm³/mol. The van der Waals surface area contributed by atoms with E-state index >= 15 is 0 Å². The molecule has 2 saturated heterocycles. The first-order valence-electron chi connectivity index (χ1n) is 5.59. The van der Waals surface area contributed by atoms with E-state index in [1.807, 2.05) is 11.8 Å². The van der Waals surface area contributed by atoms with Crippen molar-refractivity contribution in [3.05, 3.63) is 0 Å². The molecule has 0 amide bonds. The molecular formula is C10H18O4S2. The van der Waals surface area contributed by atoms with E-state index < -0.39 is 10.1 Å². The maximum atomic E-state index is 11.1. The molecule has 0 saturated carbocycles. The third kappa shape index (κ3) is 3.35. The zero-order valence-corrected chi connectivity index (χ0v) is 11.1. The Morgan fingerprint density at radius 3 is 2.69 bits per heavy atom. The fraction of sp³-hybridized carbons (Fsp3) is 1.00. The third-order valence-electron chi connectivity index (χ3n) is 3.16. The van der Waals surface area contributed by atoms with Gasteiger partial charge in [-0.1, -0.05) is 0 Å². The predicted octanol–water partition coefficient (Wildman–Crippen LogP) is 1.41. The fourth-order valence-corrected chi connectivity index (χ4v) is 4.30. The quantitative estimate of drug-likeness (QED) is 0.707. The highest BCUT2D eigenvalue weighted by molar-refractivity contribution is 7.99. The summed E-state index contributed by atoms with van der Waals surface area (Å²) in [5, 5.41) is 0. The molecule has 0 aromatic carbocycles. The lowest BCUT2D eigenvalue weighted by molar-refractivity contribution is -0.115. The van der Waals surface area contributed by atoms with E-state index in [2.05, 4.69) is 0 Å². The van der Waals surface area contributed by atoms with Crippen molar-refractivity contribution in [2.45, 2.75) is 37.4 Å². The van der Waals surface area contributed by atoms with Crippen LogP contribution in [0.3, 0.4) is 0 Å². The summed E-state index contributed by atoms with van der Waals surface area (Å²) in [7, 11) is -3.34. The molecule has 2 aliphatic rings. The van der Waals surface area contributed by atoms with Crippen LogP contribution in [0.5, 0.6) is 0 Å². The van der Waals surface area contributed by atoms with Crippen LogP contribution in [0.1, 0.15) is 25.7 Å². The van der Waals surface area contributed by atoms with Crippen molar-refractivity contribution < 1.29 is 17.3 Å². The van der Waals surface area contributed by atoms with Crippen LogP contribution in [0.15, 0.2) is 0 Å². The SMILES string of the molecule is CS(=O)(=O)O[C@H]1CCOC2(CCSCC2)C1. The average Bonchev–Trinajstić information content (AvgIpc) is 2.16. The number of rotatable bonds is 2. The van der Waals surface area contributed by atoms with Gasteiger partial charge >= 0.3 is 0 Å². The molecule has 2 rings (SSSR count). The second-order valence-corrected chi connectivity index (χ2v) is 7.38. The van der Waals surface area contributed by atoms with Gasteiger partial charge in [-0.05, 0) is 30.8 Å². The van der Waals surface area contributed by atoms with Gasteiger partial charge in [0.25, 0.3) is 10.1 Å². The molecule has 16 heavy (non-hydrogen) atoms. The summed E-state index contributed by atoms with van der Waals surface area (Å²) in [6.07, 6.45) is 4.36. The first-order chi connectivity index (χ1) is 7.49. The van der Waals surface area contributed by atoms with Gasteiger partial charge in [-0.15, -0.1) is 0 Å². The van der Waals surface area contributed by atoms with Gasteiger partial charge in [-0.3, -0.25) is 4.18 Å². The van der Waals surface area contributed by atoms with E-state index in [9.17, 15) is 8.42 Å². The van der Waals surface area contributed by atoms with Crippen molar-refractivity contribution in [2.24, 2.45) is 0 Å². The van der Waals surface area contributed by atoms with Gasteiger partial charge in [-0.2, -0.15) is 20.2 Å². The minimum atomic E-state index is -3.34. The van der Waals surface area contributed by atoms with Crippen molar-refractivity contribution in [1.82, 2.24) is 0 Å². The van der Waals surface area contributed by atoms with Gasteiger partial charge in [0.1, 0.15) is 0 Å². The average molecular weight is 266 g/mol. The minimum absolute atomic E-state index is 0.112. The van der Waals surface area contributed by atoms with Crippen molar-refractivity contribution >= 4 is 21.9 Å². The van der Waals surface area contributed by atoms with Gasteiger partial charge in [-0.25, -0.2) is 0 Å². The number of ether oxygens (including phenoxy) is 1. The molecule has 2 heterocycles. The molecule has 6 heteroatoms. The summed E-state index contributed by atoms with van der Waals surface area (Å²) in [5.74, 6) is 2.21. The molecule has 0 aliphatic carbocycles. The van der Waals surface area contributed by atoms with Crippen LogP contribution >= 0.6 is 11.8 Å². The largest absolute Gasteiger partial charge is 0.375 e. The monoisotopic (exact) mass is 266 g/mol. The molecule has 0 unspecified atom stereocenters. The highest BCUT2D eigenvalue weighted by atomic mass is 32.2. The summed E-state index contributed by atoms with van der Waals surface area (Å²) < 4.78 is 33.2. The summed E-state index contributed by atoms with van der Waals surface area (Å²) in [6, 6.07) is 0. The standard InChI is InChI=1S/C10H18O4S2/c1-16(11,12)14-9-2-5-13-10(8-9)3-6-15-7-4-10/h9H,2-8H2,1H3/t9-/m0/s1. The normalized spacial score (nSPS) is 30.4. The van der Waals surface area contributed by atoms with E-state index in [1.165, 1.54) is 0 Å². The first-order valence-corrected chi connectivity index (χ1v) is 8.56. The van der Waals surface area contributed by atoms with Crippen LogP contribution < -0.4 is 0 Å². The molecule has 0 aromatic rings. The highest BCUT2D eigenvalue weighted by Gasteiger charge is 2.40. The molecule has 0 bridgehead atoms. The maximum absolute atomic E-state index is 11.1. The second-order valence-electron chi connectivity index (χ2n) is 4.56. The second kappa shape index (κ2) is 4.84. The molecular weight excluding hydrogens is 248 g/mol. The molecule has 4 nitrogen and oxygen atoms in total. The molecule has 94 valence electrons. The highest BCUT2D eigenvalue weighted by Crippen LogP contribution is 2.38. The van der Waals surface area contributed by atoms with E-state index in [-0.39, 0.29) is 11.7 Å². The summed E-state index contributed by atoms with van der Waals surface area (Å²) in [5.41, 5.74) is -0.112. The Morgan fingerprint density at radius 2 is 2.06 bits per heavy atom. The van der Waals surface area contributed by atoms with E-state index in [0.29, 0.717) is 13.0 Å². The van der Waals surface area contributed by atoms with Crippen LogP contribution in [0.2, 0.25) is 0 Å². The fourth-order valence-electron chi connectivity index (χ4n) is 2.40. The Hall–Kier alpha value is 0.220. The molecule has 2 fully saturated rings. The lowest BCUT2D eigenvalue weighted by Crippen LogP contribution is -2.45. The van der Waals surface area contributed by atoms with Crippen LogP contribution in [-0.4, -0.2) is 44.5 Å². The van der Waals surface area contributed by atoms with Crippen molar-refractivity contribution in [2.75, 3.05) is 24.4 Å². The lowest BCUT2D eigenvalue weighted by Gasteiger charge is -2.42. The summed E-state index contributed by atoms with van der Waals surface area (Å²) in [6.45, 7) is 0.616. The van der Waals surface area contributed by atoms with Crippen molar-refractivity contribution in [1.29, 1.82) is 0 Å². The van der Waals surface area contributed by atoms with Crippen LogP contribution in [0.4, 0.5) is 0 Å². The Balaban J connectivity index is 1.98. The zero-order chi connectivity index (χ0) is 11.6. The maximum Gasteiger partial charge on any atom is 0.264 e. The molecule has 0 radical (unpaired) electrons. The molecule has 0 aromatic heterocycles. The molecule has 0 N–H and O–H groups in total. The Labute approximate surface area is 101 Å². The number of thioether (sulfide) groups is 1. The van der Waals surface area contributed by atoms with Gasteiger partial charge in [0, 0.05) is 13.0 Å². The Kier molecular flexibility index (Phi) is 3.83.